The summed E-state index contributed by atoms with van der Waals surface area (Å²) >= 11 is 4.86. The van der Waals surface area contributed by atoms with Crippen LogP contribution in [0.1, 0.15) is 0 Å². The highest BCUT2D eigenvalue weighted by Crippen LogP contribution is 2.22. The molecule has 1 heterocycles. The quantitative estimate of drug-likeness (QED) is 0.666. The zero-order valence-electron chi connectivity index (χ0n) is 6.09. The van der Waals surface area contributed by atoms with Crippen LogP contribution in [-0.2, 0) is 0 Å². The lowest BCUT2D eigenvalue weighted by Crippen LogP contribution is -2.16. The lowest BCUT2D eigenvalue weighted by molar-refractivity contribution is -0.0558. The molecule has 0 saturated heterocycles. The van der Waals surface area contributed by atoms with Gasteiger partial charge in [0.15, 0.2) is 0 Å². The number of nitrogens with zero attached hydrogens (tertiary/aromatic N) is 3. The van der Waals surface area contributed by atoms with Crippen LogP contribution in [0.25, 0.3) is 0 Å². The molecule has 13 heavy (non-hydrogen) atoms. The monoisotopic (exact) mass is 209 g/mol. The minimum atomic E-state index is -4.63. The van der Waals surface area contributed by atoms with Gasteiger partial charge in [0.05, 0.1) is 12.4 Å². The highest BCUT2D eigenvalue weighted by Gasteiger charge is 2.34. The third kappa shape index (κ3) is 2.98. The maximum atomic E-state index is 11.8. The maximum absolute atomic E-state index is 11.8. The van der Waals surface area contributed by atoms with E-state index < -0.39 is 11.3 Å². The van der Waals surface area contributed by atoms with Gasteiger partial charge in [-0.15, -0.1) is 0 Å². The summed E-state index contributed by atoms with van der Waals surface area (Å²) in [6.45, 7) is 0. The van der Waals surface area contributed by atoms with Gasteiger partial charge in [-0.3, -0.25) is 0 Å². The minimum absolute atomic E-state index is 0.0372. The molecule has 0 radical (unpaired) electrons. The fraction of sp³-hybridized carbons (Fsp3) is 0.167. The highest BCUT2D eigenvalue weighted by molar-refractivity contribution is 6.67. The van der Waals surface area contributed by atoms with Crippen molar-refractivity contribution >= 4 is 22.5 Å². The zero-order valence-corrected chi connectivity index (χ0v) is 6.84. The third-order valence-electron chi connectivity index (χ3n) is 1.01. The molecule has 3 nitrogen and oxygen atoms in total. The Hall–Kier alpha value is -1.17. The van der Waals surface area contributed by atoms with E-state index >= 15 is 0 Å². The Morgan fingerprint density at radius 1 is 1.31 bits per heavy atom. The van der Waals surface area contributed by atoms with Gasteiger partial charge in [-0.25, -0.2) is 15.0 Å². The first kappa shape index (κ1) is 9.91. The second-order valence-electron chi connectivity index (χ2n) is 2.00. The van der Waals surface area contributed by atoms with Crippen molar-refractivity contribution in [3.8, 4) is 0 Å². The van der Waals surface area contributed by atoms with Crippen molar-refractivity contribution < 1.29 is 13.2 Å². The third-order valence-corrected chi connectivity index (χ3v) is 1.31. The maximum Gasteiger partial charge on any atom is 0.444 e. The average molecular weight is 210 g/mol. The summed E-state index contributed by atoms with van der Waals surface area (Å²) in [6.07, 6.45) is -1.19. The Balaban J connectivity index is 2.90. The molecule has 0 fully saturated rings. The number of aliphatic imine (C=N–C) groups is 1. The molecular formula is C6H3ClF3N3. The number of aromatic nitrogens is 2. The molecule has 0 bridgehead atoms. The van der Waals surface area contributed by atoms with Gasteiger partial charge in [-0.05, 0) is 0 Å². The molecule has 1 rings (SSSR count). The van der Waals surface area contributed by atoms with Crippen molar-refractivity contribution in [2.75, 3.05) is 0 Å². The summed E-state index contributed by atoms with van der Waals surface area (Å²) in [7, 11) is 0. The average Bonchev–Trinajstić information content (AvgIpc) is 2.04. The van der Waals surface area contributed by atoms with Crippen molar-refractivity contribution in [1.29, 1.82) is 0 Å². The molecule has 0 saturated carbocycles. The Morgan fingerprint density at radius 3 is 2.31 bits per heavy atom. The topological polar surface area (TPSA) is 38.1 Å². The number of halogens is 4. The van der Waals surface area contributed by atoms with Gasteiger partial charge in [0.1, 0.15) is 12.0 Å². The zero-order chi connectivity index (χ0) is 9.90. The first-order valence-corrected chi connectivity index (χ1v) is 3.44. The Kier molecular flexibility index (Phi) is 2.82. The largest absolute Gasteiger partial charge is 0.444 e. The van der Waals surface area contributed by atoms with Gasteiger partial charge in [-0.2, -0.15) is 13.2 Å². The van der Waals surface area contributed by atoms with Gasteiger partial charge in [0.2, 0.25) is 5.17 Å². The normalized spacial score (nSPS) is 13.1. The summed E-state index contributed by atoms with van der Waals surface area (Å²) in [5.74, 6) is 0. The molecule has 0 spiro atoms. The summed E-state index contributed by atoms with van der Waals surface area (Å²) in [5.41, 5.74) is -0.0372. The Labute approximate surface area is 76.3 Å². The lowest BCUT2D eigenvalue weighted by atomic mass is 10.5. The smallest absolute Gasteiger partial charge is 0.243 e. The second-order valence-corrected chi connectivity index (χ2v) is 2.36. The van der Waals surface area contributed by atoms with Crippen molar-refractivity contribution in [2.45, 2.75) is 6.18 Å². The molecule has 0 unspecified atom stereocenters. The predicted molar refractivity (Wildman–Crippen MR) is 41.0 cm³/mol. The van der Waals surface area contributed by atoms with Gasteiger partial charge < -0.3 is 0 Å². The first-order chi connectivity index (χ1) is 6.00. The van der Waals surface area contributed by atoms with Crippen LogP contribution < -0.4 is 0 Å². The second kappa shape index (κ2) is 3.69. The van der Waals surface area contributed by atoms with Crippen LogP contribution in [0.15, 0.2) is 23.7 Å². The molecule has 0 aliphatic carbocycles. The van der Waals surface area contributed by atoms with Gasteiger partial charge in [0.25, 0.3) is 0 Å². The van der Waals surface area contributed by atoms with E-state index in [-0.39, 0.29) is 5.69 Å². The molecule has 1 aromatic rings. The van der Waals surface area contributed by atoms with Crippen LogP contribution in [0.4, 0.5) is 18.9 Å². The molecule has 0 atom stereocenters. The molecule has 0 aliphatic heterocycles. The summed E-state index contributed by atoms with van der Waals surface area (Å²) in [4.78, 5) is 10.0. The van der Waals surface area contributed by atoms with Crippen molar-refractivity contribution in [2.24, 2.45) is 4.99 Å². The fourth-order valence-corrected chi connectivity index (χ4v) is 0.623. The number of hydrogen-bond acceptors (Lipinski definition) is 3. The van der Waals surface area contributed by atoms with E-state index in [1.807, 2.05) is 0 Å². The molecule has 0 N–H and O–H groups in total. The van der Waals surface area contributed by atoms with Crippen LogP contribution in [0.3, 0.4) is 0 Å². The standard InChI is InChI=1S/C6H3ClF3N3/c7-5(6(8,9)10)13-4-1-11-3-12-2-4/h1-3H. The lowest BCUT2D eigenvalue weighted by Gasteiger charge is -2.01. The van der Waals surface area contributed by atoms with E-state index in [0.717, 1.165) is 12.4 Å². The van der Waals surface area contributed by atoms with E-state index in [1.165, 1.54) is 6.33 Å². The summed E-state index contributed by atoms with van der Waals surface area (Å²) in [6, 6.07) is 0. The van der Waals surface area contributed by atoms with Crippen LogP contribution in [0, 0.1) is 0 Å². The Morgan fingerprint density at radius 2 is 1.85 bits per heavy atom. The van der Waals surface area contributed by atoms with E-state index in [4.69, 9.17) is 11.6 Å². The molecule has 0 aromatic carbocycles. The number of alkyl halides is 3. The minimum Gasteiger partial charge on any atom is -0.243 e. The number of rotatable bonds is 1. The van der Waals surface area contributed by atoms with Gasteiger partial charge >= 0.3 is 6.18 Å². The van der Waals surface area contributed by atoms with Crippen molar-refractivity contribution in [3.63, 3.8) is 0 Å². The van der Waals surface area contributed by atoms with Crippen LogP contribution >= 0.6 is 11.6 Å². The molecule has 7 heteroatoms. The van der Waals surface area contributed by atoms with Gasteiger partial charge in [-0.1, -0.05) is 11.6 Å². The number of hydrogen-bond donors (Lipinski definition) is 0. The van der Waals surface area contributed by atoms with E-state index in [9.17, 15) is 13.2 Å². The van der Waals surface area contributed by atoms with Crippen molar-refractivity contribution in [1.82, 2.24) is 9.97 Å². The van der Waals surface area contributed by atoms with Crippen molar-refractivity contribution in [3.05, 3.63) is 18.7 Å². The van der Waals surface area contributed by atoms with Gasteiger partial charge in [0, 0.05) is 0 Å². The van der Waals surface area contributed by atoms with Crippen LogP contribution in [0.5, 0.6) is 0 Å². The molecule has 70 valence electrons. The Bertz CT molecular complexity index is 309. The van der Waals surface area contributed by atoms with E-state index in [2.05, 4.69) is 15.0 Å². The first-order valence-electron chi connectivity index (χ1n) is 3.06. The molecule has 1 aromatic heterocycles. The molecular weight excluding hydrogens is 207 g/mol. The predicted octanol–water partition coefficient (Wildman–Crippen LogP) is 2.31. The van der Waals surface area contributed by atoms with Crippen LogP contribution in [-0.4, -0.2) is 21.3 Å². The SMILES string of the molecule is FC(F)(F)C(Cl)=Nc1cncnc1. The van der Waals surface area contributed by atoms with Crippen LogP contribution in [0.2, 0.25) is 0 Å². The molecule has 0 aliphatic rings. The summed E-state index contributed by atoms with van der Waals surface area (Å²) < 4.78 is 35.5. The molecule has 0 amide bonds. The fourth-order valence-electron chi connectivity index (χ4n) is 0.526. The summed E-state index contributed by atoms with van der Waals surface area (Å²) in [5, 5.41) is -1.44. The highest BCUT2D eigenvalue weighted by atomic mass is 35.5. The van der Waals surface area contributed by atoms with E-state index in [0.29, 0.717) is 0 Å². The van der Waals surface area contributed by atoms with E-state index in [1.54, 1.807) is 0 Å².